The Morgan fingerprint density at radius 2 is 2.12 bits per heavy atom. The summed E-state index contributed by atoms with van der Waals surface area (Å²) in [6.45, 7) is 3.17. The molecule has 1 aromatic carbocycles. The number of nitrogens with one attached hydrogen (secondary N) is 2. The summed E-state index contributed by atoms with van der Waals surface area (Å²) in [7, 11) is 0. The zero-order valence-corrected chi connectivity index (χ0v) is 14.7. The fraction of sp³-hybridized carbons (Fsp3) is 0.556. The zero-order chi connectivity index (χ0) is 18.1. The van der Waals surface area contributed by atoms with Crippen molar-refractivity contribution in [1.82, 2.24) is 10.6 Å². The summed E-state index contributed by atoms with van der Waals surface area (Å²) in [5, 5.41) is 16.3. The van der Waals surface area contributed by atoms with Crippen molar-refractivity contribution in [2.75, 3.05) is 13.2 Å². The number of amides is 1. The van der Waals surface area contributed by atoms with E-state index in [1.807, 2.05) is 25.1 Å². The quantitative estimate of drug-likeness (QED) is 0.433. The number of nitrogens with zero attached hydrogens (tertiary/aromatic N) is 1. The molecule has 138 valence electrons. The third kappa shape index (κ3) is 7.01. The minimum atomic E-state index is -0.500. The van der Waals surface area contributed by atoms with Gasteiger partial charge in [-0.2, -0.15) is 0 Å². The molecule has 0 spiro atoms. The second-order valence-electron chi connectivity index (χ2n) is 6.25. The lowest BCUT2D eigenvalue weighted by atomic mass is 9.93. The number of rotatable bonds is 7. The van der Waals surface area contributed by atoms with Crippen LogP contribution in [0.15, 0.2) is 29.3 Å². The predicted molar refractivity (Wildman–Crippen MR) is 97.3 cm³/mol. The number of nitrogens with two attached hydrogens (primary N) is 1. The average molecular weight is 348 g/mol. The highest BCUT2D eigenvalue weighted by Gasteiger charge is 2.19. The highest BCUT2D eigenvalue weighted by Crippen LogP contribution is 2.18. The van der Waals surface area contributed by atoms with Gasteiger partial charge in [-0.3, -0.25) is 4.79 Å². The number of guanidine groups is 1. The van der Waals surface area contributed by atoms with Gasteiger partial charge in [0.25, 0.3) is 5.91 Å². The molecular weight excluding hydrogens is 320 g/mol. The van der Waals surface area contributed by atoms with Crippen LogP contribution in [0.2, 0.25) is 0 Å². The van der Waals surface area contributed by atoms with Crippen molar-refractivity contribution in [3.63, 3.8) is 0 Å². The summed E-state index contributed by atoms with van der Waals surface area (Å²) in [6, 6.07) is 7.80. The molecule has 1 saturated carbocycles. The molecule has 0 aromatic heterocycles. The Labute approximate surface area is 148 Å². The lowest BCUT2D eigenvalue weighted by Gasteiger charge is -2.27. The molecule has 25 heavy (non-hydrogen) atoms. The minimum absolute atomic E-state index is 0.134. The number of hydrogen-bond donors (Lipinski definition) is 4. The van der Waals surface area contributed by atoms with E-state index in [0.717, 1.165) is 43.8 Å². The molecule has 2 rings (SSSR count). The van der Waals surface area contributed by atoms with Crippen LogP contribution in [0.3, 0.4) is 0 Å². The van der Waals surface area contributed by atoms with Crippen LogP contribution in [0.1, 0.15) is 38.2 Å². The van der Waals surface area contributed by atoms with Gasteiger partial charge in [0.05, 0.1) is 12.6 Å². The van der Waals surface area contributed by atoms with E-state index in [9.17, 15) is 9.90 Å². The molecule has 0 bridgehead atoms. The number of hydrogen-bond acceptors (Lipinski definition) is 4. The topological polar surface area (TPSA) is 109 Å². The Hall–Kier alpha value is -2.28. The number of aliphatic hydroxyl groups is 1. The average Bonchev–Trinajstić information content (AvgIpc) is 2.60. The monoisotopic (exact) mass is 348 g/mol. The fourth-order valence-corrected chi connectivity index (χ4v) is 2.79. The van der Waals surface area contributed by atoms with Gasteiger partial charge in [0, 0.05) is 12.6 Å². The third-order valence-corrected chi connectivity index (χ3v) is 4.08. The van der Waals surface area contributed by atoms with Crippen molar-refractivity contribution in [2.45, 2.75) is 51.3 Å². The molecule has 0 atom stereocenters. The molecule has 0 saturated heterocycles. The second kappa shape index (κ2) is 9.88. The molecule has 1 fully saturated rings. The van der Waals surface area contributed by atoms with Crippen LogP contribution >= 0.6 is 0 Å². The van der Waals surface area contributed by atoms with Crippen molar-refractivity contribution in [2.24, 2.45) is 10.7 Å². The predicted octanol–water partition coefficient (Wildman–Crippen LogP) is 0.909. The third-order valence-electron chi connectivity index (χ3n) is 4.08. The van der Waals surface area contributed by atoms with Gasteiger partial charge in [-0.25, -0.2) is 4.99 Å². The lowest BCUT2D eigenvalue weighted by Crippen LogP contribution is -2.45. The maximum Gasteiger partial charge on any atom is 0.255 e. The molecule has 0 radical (unpaired) electrons. The van der Waals surface area contributed by atoms with Crippen LogP contribution < -0.4 is 21.1 Å². The highest BCUT2D eigenvalue weighted by molar-refractivity contribution is 5.80. The second-order valence-corrected chi connectivity index (χ2v) is 6.25. The number of aliphatic hydroxyl groups excluding tert-OH is 1. The van der Waals surface area contributed by atoms with E-state index >= 15 is 0 Å². The lowest BCUT2D eigenvalue weighted by molar-refractivity contribution is -0.119. The van der Waals surface area contributed by atoms with E-state index in [2.05, 4.69) is 15.6 Å². The smallest absolute Gasteiger partial charge is 0.255 e. The van der Waals surface area contributed by atoms with Crippen LogP contribution in [0.25, 0.3) is 0 Å². The highest BCUT2D eigenvalue weighted by atomic mass is 16.5. The molecule has 7 nitrogen and oxygen atoms in total. The van der Waals surface area contributed by atoms with Gasteiger partial charge in [0.15, 0.2) is 12.6 Å². The Kier molecular flexibility index (Phi) is 7.53. The first-order valence-corrected chi connectivity index (χ1v) is 8.79. The van der Waals surface area contributed by atoms with Gasteiger partial charge >= 0.3 is 0 Å². The van der Waals surface area contributed by atoms with Gasteiger partial charge < -0.3 is 26.2 Å². The summed E-state index contributed by atoms with van der Waals surface area (Å²) >= 11 is 0. The molecule has 5 N–H and O–H groups in total. The molecule has 1 aliphatic carbocycles. The first-order chi connectivity index (χ1) is 12.1. The van der Waals surface area contributed by atoms with Gasteiger partial charge in [-0.1, -0.05) is 12.1 Å². The van der Waals surface area contributed by atoms with Crippen molar-refractivity contribution in [1.29, 1.82) is 0 Å². The van der Waals surface area contributed by atoms with Crippen molar-refractivity contribution in [3.8, 4) is 5.75 Å². The van der Waals surface area contributed by atoms with E-state index < -0.39 is 5.91 Å². The van der Waals surface area contributed by atoms with Crippen LogP contribution in [-0.4, -0.2) is 42.3 Å². The van der Waals surface area contributed by atoms with E-state index in [1.165, 1.54) is 0 Å². The molecule has 0 heterocycles. The maximum atomic E-state index is 10.8. The molecule has 0 aliphatic heterocycles. The van der Waals surface area contributed by atoms with Crippen LogP contribution in [0, 0.1) is 0 Å². The summed E-state index contributed by atoms with van der Waals surface area (Å²) < 4.78 is 5.32. The van der Waals surface area contributed by atoms with Crippen LogP contribution in [0.4, 0.5) is 0 Å². The van der Waals surface area contributed by atoms with Crippen LogP contribution in [-0.2, 0) is 11.3 Å². The number of primary amides is 1. The number of carbonyl (C=O) groups is 1. The molecule has 1 amide bonds. The number of benzene rings is 1. The summed E-state index contributed by atoms with van der Waals surface area (Å²) in [5.74, 6) is 0.873. The molecule has 1 aliphatic rings. The Morgan fingerprint density at radius 3 is 2.80 bits per heavy atom. The summed E-state index contributed by atoms with van der Waals surface area (Å²) in [4.78, 5) is 15.4. The fourth-order valence-electron chi connectivity index (χ4n) is 2.79. The Balaban J connectivity index is 1.93. The number of ether oxygens (including phenoxy) is 1. The largest absolute Gasteiger partial charge is 0.484 e. The normalized spacial score (nSPS) is 20.8. The van der Waals surface area contributed by atoms with Gasteiger partial charge in [-0.15, -0.1) is 0 Å². The summed E-state index contributed by atoms with van der Waals surface area (Å²) in [6.07, 6.45) is 3.39. The van der Waals surface area contributed by atoms with Gasteiger partial charge in [0.1, 0.15) is 5.75 Å². The first-order valence-electron chi connectivity index (χ1n) is 8.79. The van der Waals surface area contributed by atoms with Gasteiger partial charge in [-0.05, 0) is 50.3 Å². The molecular formula is C18H28N4O3. The van der Waals surface area contributed by atoms with Crippen molar-refractivity contribution in [3.05, 3.63) is 29.8 Å². The SMILES string of the molecule is CCNC(=NCc1cccc(OCC(N)=O)c1)NC1CCC(O)CC1. The first kappa shape index (κ1) is 19.1. The van der Waals surface area contributed by atoms with E-state index in [4.69, 9.17) is 10.5 Å². The Morgan fingerprint density at radius 1 is 1.36 bits per heavy atom. The molecule has 7 heteroatoms. The molecule has 1 aromatic rings. The molecule has 0 unspecified atom stereocenters. The zero-order valence-electron chi connectivity index (χ0n) is 14.7. The maximum absolute atomic E-state index is 10.8. The Bertz CT molecular complexity index is 583. The summed E-state index contributed by atoms with van der Waals surface area (Å²) in [5.41, 5.74) is 6.07. The standard InChI is InChI=1S/C18H28N4O3/c1-2-20-18(22-14-6-8-15(23)9-7-14)21-11-13-4-3-5-16(10-13)25-12-17(19)24/h3-5,10,14-15,23H,2,6-9,11-12H2,1H3,(H2,19,24)(H2,20,21,22). The number of carbonyl (C=O) groups excluding carboxylic acids is 1. The number of aliphatic imine (C=N–C) groups is 1. The van der Waals surface area contributed by atoms with Crippen molar-refractivity contribution < 1.29 is 14.6 Å². The van der Waals surface area contributed by atoms with Crippen molar-refractivity contribution >= 4 is 11.9 Å². The van der Waals surface area contributed by atoms with E-state index in [1.54, 1.807) is 6.07 Å². The van der Waals surface area contributed by atoms with Gasteiger partial charge in [0.2, 0.25) is 0 Å². The van der Waals surface area contributed by atoms with E-state index in [-0.39, 0.29) is 12.7 Å². The minimum Gasteiger partial charge on any atom is -0.484 e. The van der Waals surface area contributed by atoms with E-state index in [0.29, 0.717) is 18.3 Å². The van der Waals surface area contributed by atoms with Crippen LogP contribution in [0.5, 0.6) is 5.75 Å².